The summed E-state index contributed by atoms with van der Waals surface area (Å²) >= 11 is 0. The molecule has 1 aromatic rings. The van der Waals surface area contributed by atoms with Crippen LogP contribution in [0.1, 0.15) is 24.5 Å². The zero-order valence-corrected chi connectivity index (χ0v) is 13.2. The summed E-state index contributed by atoms with van der Waals surface area (Å²) in [5.41, 5.74) is -0.685. The number of benzene rings is 1. The van der Waals surface area contributed by atoms with E-state index in [1.807, 2.05) is 6.07 Å². The SMILES string of the molecule is COC(=O)[C@@H](C[C@@H](C)C#N)NC(=O)Cc1cccc(C(F)(F)F)c1. The van der Waals surface area contributed by atoms with E-state index in [4.69, 9.17) is 5.26 Å². The number of nitrogens with zero attached hydrogens (tertiary/aromatic N) is 1. The fourth-order valence-electron chi connectivity index (χ4n) is 2.05. The van der Waals surface area contributed by atoms with Crippen LogP contribution in [0.25, 0.3) is 0 Å². The van der Waals surface area contributed by atoms with Crippen LogP contribution in [-0.4, -0.2) is 25.0 Å². The maximum atomic E-state index is 12.7. The third kappa shape index (κ3) is 5.91. The zero-order valence-electron chi connectivity index (χ0n) is 13.2. The van der Waals surface area contributed by atoms with Gasteiger partial charge in [-0.05, 0) is 25.0 Å². The lowest BCUT2D eigenvalue weighted by atomic mass is 10.0. The van der Waals surface area contributed by atoms with E-state index in [-0.39, 0.29) is 18.4 Å². The van der Waals surface area contributed by atoms with Gasteiger partial charge >= 0.3 is 12.1 Å². The Morgan fingerprint density at radius 1 is 1.38 bits per heavy atom. The molecule has 130 valence electrons. The number of alkyl halides is 3. The summed E-state index contributed by atoms with van der Waals surface area (Å²) in [5, 5.41) is 11.2. The van der Waals surface area contributed by atoms with Gasteiger partial charge in [0, 0.05) is 5.92 Å². The lowest BCUT2D eigenvalue weighted by molar-refractivity contribution is -0.145. The first-order valence-electron chi connectivity index (χ1n) is 7.10. The normalized spacial score (nSPS) is 13.5. The van der Waals surface area contributed by atoms with Crippen molar-refractivity contribution in [1.82, 2.24) is 5.32 Å². The molecule has 1 amide bonds. The van der Waals surface area contributed by atoms with Crippen LogP contribution in [0, 0.1) is 17.2 Å². The molecule has 0 saturated heterocycles. The number of nitriles is 1. The van der Waals surface area contributed by atoms with Gasteiger partial charge in [-0.1, -0.05) is 18.2 Å². The van der Waals surface area contributed by atoms with Crippen LogP contribution >= 0.6 is 0 Å². The van der Waals surface area contributed by atoms with Gasteiger partial charge in [0.05, 0.1) is 25.2 Å². The van der Waals surface area contributed by atoms with Crippen LogP contribution in [0.4, 0.5) is 13.2 Å². The minimum Gasteiger partial charge on any atom is -0.467 e. The zero-order chi connectivity index (χ0) is 18.3. The predicted molar refractivity (Wildman–Crippen MR) is 78.5 cm³/mol. The van der Waals surface area contributed by atoms with Crippen molar-refractivity contribution in [2.75, 3.05) is 7.11 Å². The lowest BCUT2D eigenvalue weighted by Gasteiger charge is -2.17. The molecule has 0 bridgehead atoms. The number of amides is 1. The summed E-state index contributed by atoms with van der Waals surface area (Å²) in [5.74, 6) is -1.84. The van der Waals surface area contributed by atoms with E-state index in [0.717, 1.165) is 19.2 Å². The molecule has 0 aliphatic carbocycles. The summed E-state index contributed by atoms with van der Waals surface area (Å²) in [6, 6.07) is 5.30. The molecule has 5 nitrogen and oxygen atoms in total. The molecule has 0 aliphatic rings. The Kier molecular flexibility index (Phi) is 6.77. The van der Waals surface area contributed by atoms with E-state index in [1.54, 1.807) is 6.92 Å². The van der Waals surface area contributed by atoms with Crippen LogP contribution in [0.2, 0.25) is 0 Å². The number of esters is 1. The monoisotopic (exact) mass is 342 g/mol. The molecule has 0 fully saturated rings. The average Bonchev–Trinajstić information content (AvgIpc) is 2.52. The highest BCUT2D eigenvalue weighted by Crippen LogP contribution is 2.29. The van der Waals surface area contributed by atoms with E-state index in [2.05, 4.69) is 10.1 Å². The minimum absolute atomic E-state index is 0.0531. The van der Waals surface area contributed by atoms with E-state index in [0.29, 0.717) is 0 Å². The van der Waals surface area contributed by atoms with E-state index >= 15 is 0 Å². The molecule has 24 heavy (non-hydrogen) atoms. The maximum absolute atomic E-state index is 12.7. The third-order valence-electron chi connectivity index (χ3n) is 3.25. The first kappa shape index (κ1) is 19.5. The van der Waals surface area contributed by atoms with Gasteiger partial charge in [-0.25, -0.2) is 4.79 Å². The number of carbonyl (C=O) groups is 2. The van der Waals surface area contributed by atoms with E-state index in [1.165, 1.54) is 12.1 Å². The molecule has 2 atom stereocenters. The van der Waals surface area contributed by atoms with Gasteiger partial charge in [0.2, 0.25) is 5.91 Å². The number of carbonyl (C=O) groups excluding carboxylic acids is 2. The van der Waals surface area contributed by atoms with Crippen LogP contribution in [0.5, 0.6) is 0 Å². The molecule has 1 N–H and O–H groups in total. The van der Waals surface area contributed by atoms with Crippen molar-refractivity contribution < 1.29 is 27.5 Å². The molecule has 0 radical (unpaired) electrons. The third-order valence-corrected chi connectivity index (χ3v) is 3.25. The number of hydrogen-bond acceptors (Lipinski definition) is 4. The highest BCUT2D eigenvalue weighted by Gasteiger charge is 2.30. The standard InChI is InChI=1S/C16H17F3N2O3/c1-10(9-20)6-13(15(23)24-2)21-14(22)8-11-4-3-5-12(7-11)16(17,18)19/h3-5,7,10,13H,6,8H2,1-2H3,(H,21,22)/t10-,13-/m1/s1. The van der Waals surface area contributed by atoms with Crippen molar-refractivity contribution in [3.63, 3.8) is 0 Å². The molecule has 1 aromatic carbocycles. The summed E-state index contributed by atoms with van der Waals surface area (Å²) in [4.78, 5) is 23.6. The Bertz CT molecular complexity index is 638. The maximum Gasteiger partial charge on any atom is 0.416 e. The quantitative estimate of drug-likeness (QED) is 0.806. The lowest BCUT2D eigenvalue weighted by Crippen LogP contribution is -2.43. The van der Waals surface area contributed by atoms with Crippen molar-refractivity contribution in [3.05, 3.63) is 35.4 Å². The van der Waals surface area contributed by atoms with Gasteiger partial charge in [-0.3, -0.25) is 4.79 Å². The largest absolute Gasteiger partial charge is 0.467 e. The van der Waals surface area contributed by atoms with Crippen LogP contribution in [0.15, 0.2) is 24.3 Å². The van der Waals surface area contributed by atoms with Gasteiger partial charge in [-0.15, -0.1) is 0 Å². The number of methoxy groups -OCH3 is 1. The van der Waals surface area contributed by atoms with Crippen molar-refractivity contribution in [2.24, 2.45) is 5.92 Å². The number of hydrogen-bond donors (Lipinski definition) is 1. The van der Waals surface area contributed by atoms with Crippen LogP contribution in [0.3, 0.4) is 0 Å². The van der Waals surface area contributed by atoms with E-state index < -0.39 is 35.6 Å². The molecule has 1 rings (SSSR count). The van der Waals surface area contributed by atoms with Crippen molar-refractivity contribution >= 4 is 11.9 Å². The fraction of sp³-hybridized carbons (Fsp3) is 0.438. The predicted octanol–water partition coefficient (Wildman–Crippen LogP) is 2.46. The first-order valence-corrected chi connectivity index (χ1v) is 7.10. The molecule has 8 heteroatoms. The van der Waals surface area contributed by atoms with Crippen molar-refractivity contribution in [2.45, 2.75) is 32.0 Å². The van der Waals surface area contributed by atoms with Crippen molar-refractivity contribution in [1.29, 1.82) is 5.26 Å². The highest BCUT2D eigenvalue weighted by atomic mass is 19.4. The summed E-state index contributed by atoms with van der Waals surface area (Å²) < 4.78 is 42.5. The summed E-state index contributed by atoms with van der Waals surface area (Å²) in [7, 11) is 1.14. The molecule has 0 spiro atoms. The Morgan fingerprint density at radius 2 is 2.04 bits per heavy atom. The number of halogens is 3. The van der Waals surface area contributed by atoms with Crippen molar-refractivity contribution in [3.8, 4) is 6.07 Å². The second-order valence-electron chi connectivity index (χ2n) is 5.28. The Balaban J connectivity index is 2.79. The second-order valence-corrected chi connectivity index (χ2v) is 5.28. The Morgan fingerprint density at radius 3 is 2.58 bits per heavy atom. The Hall–Kier alpha value is -2.56. The second kappa shape index (κ2) is 8.34. The molecular formula is C16H17F3N2O3. The van der Waals surface area contributed by atoms with Gasteiger partial charge in [-0.2, -0.15) is 18.4 Å². The molecule has 0 saturated carbocycles. The highest BCUT2D eigenvalue weighted by molar-refractivity contribution is 5.85. The summed E-state index contributed by atoms with van der Waals surface area (Å²) in [6.45, 7) is 1.58. The van der Waals surface area contributed by atoms with E-state index in [9.17, 15) is 22.8 Å². The minimum atomic E-state index is -4.50. The fourth-order valence-corrected chi connectivity index (χ4v) is 2.05. The number of nitrogens with one attached hydrogen (secondary N) is 1. The first-order chi connectivity index (χ1) is 11.2. The average molecular weight is 342 g/mol. The van der Waals surface area contributed by atoms with Gasteiger partial charge in [0.25, 0.3) is 0 Å². The topological polar surface area (TPSA) is 79.2 Å². The van der Waals surface area contributed by atoms with Gasteiger partial charge in [0.15, 0.2) is 0 Å². The Labute approximate surface area is 137 Å². The van der Waals surface area contributed by atoms with Gasteiger partial charge in [0.1, 0.15) is 6.04 Å². The number of ether oxygens (including phenoxy) is 1. The molecule has 0 heterocycles. The molecular weight excluding hydrogens is 325 g/mol. The summed E-state index contributed by atoms with van der Waals surface area (Å²) in [6.07, 6.45) is -4.76. The molecule has 0 unspecified atom stereocenters. The van der Waals surface area contributed by atoms with Gasteiger partial charge < -0.3 is 10.1 Å². The van der Waals surface area contributed by atoms with Crippen LogP contribution in [-0.2, 0) is 26.9 Å². The molecule has 0 aliphatic heterocycles. The smallest absolute Gasteiger partial charge is 0.416 e. The molecule has 0 aromatic heterocycles. The number of rotatable bonds is 6. The van der Waals surface area contributed by atoms with Crippen LogP contribution < -0.4 is 5.32 Å².